The van der Waals surface area contributed by atoms with Crippen LogP contribution in [0.5, 0.6) is 23.0 Å². The van der Waals surface area contributed by atoms with Gasteiger partial charge in [-0.3, -0.25) is 4.79 Å². The summed E-state index contributed by atoms with van der Waals surface area (Å²) in [5.41, 5.74) is 1.75. The van der Waals surface area contributed by atoms with Crippen LogP contribution in [0.15, 0.2) is 72.8 Å². The van der Waals surface area contributed by atoms with Crippen LogP contribution in [0.4, 0.5) is 5.69 Å². The van der Waals surface area contributed by atoms with Crippen molar-refractivity contribution in [1.29, 1.82) is 0 Å². The Morgan fingerprint density at radius 3 is 2.00 bits per heavy atom. The Balaban J connectivity index is 1.49. The van der Waals surface area contributed by atoms with Gasteiger partial charge < -0.3 is 24.3 Å². The van der Waals surface area contributed by atoms with Crippen molar-refractivity contribution >= 4 is 11.6 Å². The number of rotatable bonds is 9. The van der Waals surface area contributed by atoms with E-state index in [4.69, 9.17) is 18.9 Å². The molecule has 1 amide bonds. The zero-order valence-electron chi connectivity index (χ0n) is 16.4. The third kappa shape index (κ3) is 6.17. The number of hydrogen-bond donors (Lipinski definition) is 1. The Kier molecular flexibility index (Phi) is 6.95. The zero-order chi connectivity index (χ0) is 20.5. The minimum atomic E-state index is -0.273. The number of nitrogens with one attached hydrogen (secondary N) is 1. The van der Waals surface area contributed by atoms with Crippen LogP contribution in [0.2, 0.25) is 0 Å². The van der Waals surface area contributed by atoms with Crippen molar-refractivity contribution in [3.63, 3.8) is 0 Å². The number of carbonyl (C=O) groups is 1. The van der Waals surface area contributed by atoms with Crippen LogP contribution in [-0.4, -0.2) is 26.7 Å². The fourth-order valence-electron chi connectivity index (χ4n) is 2.59. The molecule has 0 heterocycles. The summed E-state index contributed by atoms with van der Waals surface area (Å²) >= 11 is 0. The van der Waals surface area contributed by atoms with E-state index >= 15 is 0 Å². The molecular formula is C23H23NO5. The molecule has 6 heteroatoms. The lowest BCUT2D eigenvalue weighted by Gasteiger charge is -2.11. The van der Waals surface area contributed by atoms with Crippen LogP contribution in [0.3, 0.4) is 0 Å². The van der Waals surface area contributed by atoms with Gasteiger partial charge in [0.05, 0.1) is 14.2 Å². The third-order valence-corrected chi connectivity index (χ3v) is 4.08. The second-order valence-corrected chi connectivity index (χ2v) is 6.18. The lowest BCUT2D eigenvalue weighted by atomic mass is 10.2. The lowest BCUT2D eigenvalue weighted by Crippen LogP contribution is -2.20. The molecule has 0 aliphatic carbocycles. The van der Waals surface area contributed by atoms with E-state index in [0.717, 1.165) is 11.3 Å². The molecule has 0 atom stereocenters. The quantitative estimate of drug-likeness (QED) is 0.587. The van der Waals surface area contributed by atoms with E-state index in [0.29, 0.717) is 29.5 Å². The van der Waals surface area contributed by atoms with E-state index < -0.39 is 0 Å². The maximum atomic E-state index is 12.2. The first kappa shape index (κ1) is 20.1. The molecular weight excluding hydrogens is 370 g/mol. The molecule has 3 aromatic carbocycles. The monoisotopic (exact) mass is 393 g/mol. The first-order valence-electron chi connectivity index (χ1n) is 9.09. The fraction of sp³-hybridized carbons (Fsp3) is 0.174. The number of benzene rings is 3. The van der Waals surface area contributed by atoms with Gasteiger partial charge in [0.15, 0.2) is 6.61 Å². The van der Waals surface area contributed by atoms with Crippen LogP contribution in [0.25, 0.3) is 0 Å². The topological polar surface area (TPSA) is 66.0 Å². The molecule has 0 aliphatic rings. The maximum Gasteiger partial charge on any atom is 0.262 e. The molecule has 0 spiro atoms. The maximum absolute atomic E-state index is 12.2. The second kappa shape index (κ2) is 10.0. The van der Waals surface area contributed by atoms with E-state index in [1.807, 2.05) is 42.5 Å². The standard InChI is InChI=1S/C23H23NO5/c1-26-20-12-21(27-2)14-22(13-20)29-16-23(25)24-18-8-10-19(11-9-18)28-15-17-6-4-3-5-7-17/h3-14H,15-16H2,1-2H3,(H,24,25). The van der Waals surface area contributed by atoms with Crippen molar-refractivity contribution in [1.82, 2.24) is 0 Å². The summed E-state index contributed by atoms with van der Waals surface area (Å²) < 4.78 is 21.7. The molecule has 0 unspecified atom stereocenters. The predicted octanol–water partition coefficient (Wildman–Crippen LogP) is 4.30. The van der Waals surface area contributed by atoms with Crippen molar-refractivity contribution < 1.29 is 23.7 Å². The molecule has 3 rings (SSSR count). The van der Waals surface area contributed by atoms with Crippen molar-refractivity contribution in [3.05, 3.63) is 78.4 Å². The van der Waals surface area contributed by atoms with Crippen molar-refractivity contribution in [2.24, 2.45) is 0 Å². The SMILES string of the molecule is COc1cc(OC)cc(OCC(=O)Nc2ccc(OCc3ccccc3)cc2)c1. The normalized spacial score (nSPS) is 10.1. The van der Waals surface area contributed by atoms with E-state index in [-0.39, 0.29) is 12.5 Å². The molecule has 0 saturated heterocycles. The smallest absolute Gasteiger partial charge is 0.262 e. The molecule has 0 fully saturated rings. The summed E-state index contributed by atoms with van der Waals surface area (Å²) in [7, 11) is 3.11. The number of methoxy groups -OCH3 is 2. The average molecular weight is 393 g/mol. The summed E-state index contributed by atoms with van der Waals surface area (Å²) in [6, 6.07) is 22.2. The van der Waals surface area contributed by atoms with Crippen LogP contribution in [0.1, 0.15) is 5.56 Å². The van der Waals surface area contributed by atoms with E-state index in [1.165, 1.54) is 0 Å². The van der Waals surface area contributed by atoms with Gasteiger partial charge in [-0.25, -0.2) is 0 Å². The van der Waals surface area contributed by atoms with Crippen LogP contribution < -0.4 is 24.3 Å². The van der Waals surface area contributed by atoms with Gasteiger partial charge in [-0.05, 0) is 29.8 Å². The molecule has 0 radical (unpaired) electrons. The highest BCUT2D eigenvalue weighted by atomic mass is 16.5. The minimum absolute atomic E-state index is 0.136. The van der Waals surface area contributed by atoms with Crippen LogP contribution >= 0.6 is 0 Å². The first-order chi connectivity index (χ1) is 14.2. The minimum Gasteiger partial charge on any atom is -0.496 e. The number of carbonyl (C=O) groups excluding carboxylic acids is 1. The fourth-order valence-corrected chi connectivity index (χ4v) is 2.59. The molecule has 0 aliphatic heterocycles. The summed E-state index contributed by atoms with van der Waals surface area (Å²) in [6.45, 7) is 0.354. The number of hydrogen-bond acceptors (Lipinski definition) is 5. The zero-order valence-corrected chi connectivity index (χ0v) is 16.4. The Morgan fingerprint density at radius 1 is 0.759 bits per heavy atom. The van der Waals surface area contributed by atoms with Gasteiger partial charge in [-0.2, -0.15) is 0 Å². The summed E-state index contributed by atoms with van der Waals surface area (Å²) in [6.07, 6.45) is 0. The van der Waals surface area contributed by atoms with Gasteiger partial charge in [0, 0.05) is 23.9 Å². The number of ether oxygens (including phenoxy) is 4. The highest BCUT2D eigenvalue weighted by molar-refractivity contribution is 5.91. The molecule has 6 nitrogen and oxygen atoms in total. The molecule has 29 heavy (non-hydrogen) atoms. The predicted molar refractivity (Wildman–Crippen MR) is 111 cm³/mol. The first-order valence-corrected chi connectivity index (χ1v) is 9.09. The summed E-state index contributed by atoms with van der Waals surface area (Å²) in [5, 5.41) is 2.79. The van der Waals surface area contributed by atoms with Gasteiger partial charge in [0.2, 0.25) is 0 Å². The summed E-state index contributed by atoms with van der Waals surface area (Å²) in [5.74, 6) is 2.12. The molecule has 150 valence electrons. The Bertz CT molecular complexity index is 904. The highest BCUT2D eigenvalue weighted by Gasteiger charge is 2.07. The van der Waals surface area contributed by atoms with Crippen molar-refractivity contribution in [3.8, 4) is 23.0 Å². The molecule has 0 saturated carbocycles. The Morgan fingerprint density at radius 2 is 1.38 bits per heavy atom. The molecule has 0 aromatic heterocycles. The van der Waals surface area contributed by atoms with E-state index in [1.54, 1.807) is 44.6 Å². The van der Waals surface area contributed by atoms with E-state index in [9.17, 15) is 4.79 Å². The van der Waals surface area contributed by atoms with Crippen molar-refractivity contribution in [2.75, 3.05) is 26.1 Å². The lowest BCUT2D eigenvalue weighted by molar-refractivity contribution is -0.118. The molecule has 0 bridgehead atoms. The van der Waals surface area contributed by atoms with Crippen LogP contribution in [-0.2, 0) is 11.4 Å². The second-order valence-electron chi connectivity index (χ2n) is 6.18. The molecule has 3 aromatic rings. The highest BCUT2D eigenvalue weighted by Crippen LogP contribution is 2.27. The van der Waals surface area contributed by atoms with Gasteiger partial charge in [-0.1, -0.05) is 30.3 Å². The third-order valence-electron chi connectivity index (χ3n) is 4.08. The molecule has 1 N–H and O–H groups in total. The van der Waals surface area contributed by atoms with Gasteiger partial charge in [-0.15, -0.1) is 0 Å². The van der Waals surface area contributed by atoms with Crippen molar-refractivity contribution in [2.45, 2.75) is 6.61 Å². The average Bonchev–Trinajstić information content (AvgIpc) is 2.77. The van der Waals surface area contributed by atoms with E-state index in [2.05, 4.69) is 5.32 Å². The Hall–Kier alpha value is -3.67. The largest absolute Gasteiger partial charge is 0.496 e. The van der Waals surface area contributed by atoms with Gasteiger partial charge >= 0.3 is 0 Å². The van der Waals surface area contributed by atoms with Gasteiger partial charge in [0.1, 0.15) is 29.6 Å². The van der Waals surface area contributed by atoms with Crippen LogP contribution in [0, 0.1) is 0 Å². The van der Waals surface area contributed by atoms with Gasteiger partial charge in [0.25, 0.3) is 5.91 Å². The Labute approximate surface area is 170 Å². The number of anilines is 1. The summed E-state index contributed by atoms with van der Waals surface area (Å²) in [4.78, 5) is 12.2. The number of amides is 1.